The van der Waals surface area contributed by atoms with E-state index < -0.39 is 0 Å². The van der Waals surface area contributed by atoms with E-state index in [9.17, 15) is 9.90 Å². The number of benzene rings is 2. The second-order valence-corrected chi connectivity index (χ2v) is 7.82. The Bertz CT molecular complexity index is 1370. The smallest absolute Gasteiger partial charge is 0.265 e. The van der Waals surface area contributed by atoms with Crippen LogP contribution in [0.3, 0.4) is 0 Å². The summed E-state index contributed by atoms with van der Waals surface area (Å²) in [5.74, 6) is -0.110. The van der Waals surface area contributed by atoms with Gasteiger partial charge >= 0.3 is 0 Å². The molecule has 5 N–H and O–H groups in total. The topological polar surface area (TPSA) is 90.4 Å². The lowest BCUT2D eigenvalue weighted by molar-refractivity contribution is -0.690. The first-order chi connectivity index (χ1) is 14.1. The molecule has 0 saturated heterocycles. The van der Waals surface area contributed by atoms with Crippen LogP contribution in [0.25, 0.3) is 16.6 Å². The van der Waals surface area contributed by atoms with Crippen molar-refractivity contribution in [3.05, 3.63) is 86.0 Å². The highest BCUT2D eigenvalue weighted by molar-refractivity contribution is 7.71. The van der Waals surface area contributed by atoms with E-state index in [-0.39, 0.29) is 22.3 Å². The second kappa shape index (κ2) is 6.72. The Labute approximate surface area is 171 Å². The Hall–Kier alpha value is -3.16. The third-order valence-corrected chi connectivity index (χ3v) is 6.03. The number of hydrogen-bond donors (Lipinski definition) is 4. The molecule has 146 valence electrons. The predicted molar refractivity (Wildman–Crippen MR) is 114 cm³/mol. The van der Waals surface area contributed by atoms with E-state index in [1.807, 2.05) is 49.4 Å². The van der Waals surface area contributed by atoms with Crippen LogP contribution >= 0.6 is 12.2 Å². The lowest BCUT2D eigenvalue weighted by Crippen LogP contribution is -2.87. The third kappa shape index (κ3) is 2.73. The molecule has 0 unspecified atom stereocenters. The Morgan fingerprint density at radius 1 is 1.14 bits per heavy atom. The summed E-state index contributed by atoms with van der Waals surface area (Å²) in [6.07, 6.45) is 0.908. The monoisotopic (exact) mass is 405 g/mol. The molecule has 0 amide bonds. The van der Waals surface area contributed by atoms with Gasteiger partial charge in [0, 0.05) is 17.3 Å². The van der Waals surface area contributed by atoms with Gasteiger partial charge in [0.2, 0.25) is 5.88 Å². The molecule has 0 aliphatic carbocycles. The molecule has 29 heavy (non-hydrogen) atoms. The predicted octanol–water partition coefficient (Wildman–Crippen LogP) is 2.60. The number of nitrogens with zero attached hydrogens (tertiary/aromatic N) is 1. The fourth-order valence-corrected chi connectivity index (χ4v) is 4.66. The minimum Gasteiger partial charge on any atom is -0.494 e. The van der Waals surface area contributed by atoms with Crippen molar-refractivity contribution in [2.75, 3.05) is 6.54 Å². The first-order valence-electron chi connectivity index (χ1n) is 9.63. The number of hydrogen-bond acceptors (Lipinski definition) is 3. The summed E-state index contributed by atoms with van der Waals surface area (Å²) in [6, 6.07) is 15.5. The van der Waals surface area contributed by atoms with Crippen molar-refractivity contribution in [3.63, 3.8) is 0 Å². The number of nitrogens with one attached hydrogen (secondary N) is 2. The van der Waals surface area contributed by atoms with Gasteiger partial charge in [-0.05, 0) is 42.4 Å². The zero-order chi connectivity index (χ0) is 20.1. The fraction of sp³-hybridized carbons (Fsp3) is 0.182. The molecule has 0 saturated carbocycles. The first kappa shape index (κ1) is 17.9. The van der Waals surface area contributed by atoms with Crippen LogP contribution in [0, 0.1) is 11.7 Å². The van der Waals surface area contributed by atoms with E-state index in [2.05, 4.69) is 21.4 Å². The molecule has 1 aliphatic rings. The van der Waals surface area contributed by atoms with Crippen LogP contribution in [0.2, 0.25) is 0 Å². The summed E-state index contributed by atoms with van der Waals surface area (Å²) in [5, 5.41) is 14.5. The number of aryl methyl sites for hydroxylation is 1. The van der Waals surface area contributed by atoms with E-state index in [4.69, 9.17) is 12.2 Å². The summed E-state index contributed by atoms with van der Waals surface area (Å²) in [5.41, 5.74) is 4.87. The Balaban J connectivity index is 1.77. The first-order valence-corrected chi connectivity index (χ1v) is 10.0. The molecule has 2 aromatic heterocycles. The van der Waals surface area contributed by atoms with Crippen molar-refractivity contribution in [3.8, 4) is 11.6 Å². The standard InChI is InChI=1S/C22H20N4O2S/c1-12-6-2-5-9-16(12)26-21(28)17(20(27)25-22(26)29)19-18-14(10-11-23-19)13-7-3-4-8-15(13)24-18/h2-9,19,23-24,28H,10-11H2,1H3,(H,25,27,29)/p+1/t19-/m1/s1. The molecule has 1 aliphatic heterocycles. The lowest BCUT2D eigenvalue weighted by atomic mass is 9.95. The number of quaternary nitrogens is 1. The fourth-order valence-electron chi connectivity index (χ4n) is 4.39. The van der Waals surface area contributed by atoms with Crippen LogP contribution in [0.1, 0.15) is 28.4 Å². The lowest BCUT2D eigenvalue weighted by Gasteiger charge is -2.23. The number of rotatable bonds is 2. The largest absolute Gasteiger partial charge is 0.494 e. The molecule has 0 radical (unpaired) electrons. The van der Waals surface area contributed by atoms with Gasteiger partial charge < -0.3 is 15.4 Å². The van der Waals surface area contributed by atoms with Crippen LogP contribution < -0.4 is 10.9 Å². The van der Waals surface area contributed by atoms with E-state index in [1.165, 1.54) is 10.9 Å². The number of aromatic nitrogens is 3. The quantitative estimate of drug-likeness (QED) is 0.387. The normalized spacial score (nSPS) is 16.1. The van der Waals surface area contributed by atoms with Crippen LogP contribution in [0.4, 0.5) is 0 Å². The average molecular weight is 406 g/mol. The van der Waals surface area contributed by atoms with Gasteiger partial charge in [-0.1, -0.05) is 36.4 Å². The van der Waals surface area contributed by atoms with Crippen LogP contribution in [0.15, 0.2) is 53.3 Å². The SMILES string of the molecule is Cc1ccccc1-n1c(O)c([C@H]2[NH2+]CCc3c2[nH]c2ccccc32)c(=O)[nH]c1=S. The van der Waals surface area contributed by atoms with E-state index in [0.29, 0.717) is 5.56 Å². The van der Waals surface area contributed by atoms with Crippen molar-refractivity contribution in [1.82, 2.24) is 14.5 Å². The van der Waals surface area contributed by atoms with Crippen molar-refractivity contribution in [2.45, 2.75) is 19.4 Å². The van der Waals surface area contributed by atoms with E-state index in [1.54, 1.807) is 4.57 Å². The van der Waals surface area contributed by atoms with Crippen LogP contribution in [-0.2, 0) is 6.42 Å². The number of para-hydroxylation sites is 2. The van der Waals surface area contributed by atoms with E-state index in [0.717, 1.165) is 35.4 Å². The number of nitrogens with two attached hydrogens (primary N) is 1. The third-order valence-electron chi connectivity index (χ3n) is 5.74. The second-order valence-electron chi connectivity index (χ2n) is 7.43. The van der Waals surface area contributed by atoms with E-state index >= 15 is 0 Å². The number of aromatic hydroxyl groups is 1. The highest BCUT2D eigenvalue weighted by Crippen LogP contribution is 2.33. The molecular weight excluding hydrogens is 384 g/mol. The molecule has 5 rings (SSSR count). The van der Waals surface area contributed by atoms with Gasteiger partial charge in [-0.3, -0.25) is 14.3 Å². The maximum Gasteiger partial charge on any atom is 0.265 e. The van der Waals surface area contributed by atoms with Crippen molar-refractivity contribution in [2.24, 2.45) is 0 Å². The summed E-state index contributed by atoms with van der Waals surface area (Å²) >= 11 is 5.39. The van der Waals surface area contributed by atoms with Gasteiger partial charge in [-0.2, -0.15) is 0 Å². The highest BCUT2D eigenvalue weighted by Gasteiger charge is 2.34. The zero-order valence-corrected chi connectivity index (χ0v) is 16.7. The molecule has 6 nitrogen and oxygen atoms in total. The maximum atomic E-state index is 12.9. The minimum absolute atomic E-state index is 0.110. The molecular formula is C22H21N4O2S+. The Morgan fingerprint density at radius 2 is 1.90 bits per heavy atom. The van der Waals surface area contributed by atoms with Crippen LogP contribution in [0.5, 0.6) is 5.88 Å². The molecule has 0 bridgehead atoms. The number of H-pyrrole nitrogens is 2. The average Bonchev–Trinajstić information content (AvgIpc) is 3.09. The number of fused-ring (bicyclic) bond motifs is 3. The molecule has 0 fully saturated rings. The van der Waals surface area contributed by atoms with Gasteiger partial charge in [-0.25, -0.2) is 0 Å². The van der Waals surface area contributed by atoms with Crippen molar-refractivity contribution < 1.29 is 10.4 Å². The van der Waals surface area contributed by atoms with Crippen molar-refractivity contribution >= 4 is 23.1 Å². The molecule has 3 heterocycles. The summed E-state index contributed by atoms with van der Waals surface area (Å²) in [4.78, 5) is 19.2. The van der Waals surface area contributed by atoms with Gasteiger partial charge in [0.05, 0.1) is 17.9 Å². The molecule has 2 aromatic carbocycles. The molecule has 7 heteroatoms. The van der Waals surface area contributed by atoms with Crippen LogP contribution in [-0.4, -0.2) is 26.2 Å². The molecule has 0 spiro atoms. The highest BCUT2D eigenvalue weighted by atomic mass is 32.1. The summed E-state index contributed by atoms with van der Waals surface area (Å²) < 4.78 is 1.73. The minimum atomic E-state index is -0.356. The van der Waals surface area contributed by atoms with Gasteiger partial charge in [-0.15, -0.1) is 0 Å². The Morgan fingerprint density at radius 3 is 2.72 bits per heavy atom. The number of aromatic amines is 2. The molecule has 1 atom stereocenters. The molecule has 4 aromatic rings. The zero-order valence-electron chi connectivity index (χ0n) is 15.9. The van der Waals surface area contributed by atoms with Crippen molar-refractivity contribution in [1.29, 1.82) is 0 Å². The van der Waals surface area contributed by atoms with Gasteiger partial charge in [0.1, 0.15) is 5.56 Å². The van der Waals surface area contributed by atoms with Gasteiger partial charge in [0.25, 0.3) is 5.56 Å². The maximum absolute atomic E-state index is 12.9. The van der Waals surface area contributed by atoms with Gasteiger partial charge in [0.15, 0.2) is 10.8 Å². The Kier molecular flexibility index (Phi) is 4.15. The summed E-state index contributed by atoms with van der Waals surface area (Å²) in [7, 11) is 0. The summed E-state index contributed by atoms with van der Waals surface area (Å²) in [6.45, 7) is 2.78.